The quantitative estimate of drug-likeness (QED) is 0.588. The van der Waals surface area contributed by atoms with E-state index >= 15 is 0 Å². The van der Waals surface area contributed by atoms with Crippen molar-refractivity contribution < 1.29 is 14.7 Å². The average molecular weight is 413 g/mol. The van der Waals surface area contributed by atoms with E-state index in [1.807, 2.05) is 41.0 Å². The molecule has 108 valence electrons. The van der Waals surface area contributed by atoms with Gasteiger partial charge in [0.1, 0.15) is 0 Å². The Balaban J connectivity index is 2.24. The van der Waals surface area contributed by atoms with Gasteiger partial charge in [-0.2, -0.15) is 0 Å². The number of amides is 1. The van der Waals surface area contributed by atoms with Crippen LogP contribution in [0.2, 0.25) is 0 Å². The number of carboxylic acid groups (broad SMARTS) is 1. The number of carboxylic acids is 1. The molecule has 0 unspecified atom stereocenters. The molecule has 4 nitrogen and oxygen atoms in total. The number of halogens is 1. The fourth-order valence-electron chi connectivity index (χ4n) is 1.74. The van der Waals surface area contributed by atoms with Gasteiger partial charge in [0.2, 0.25) is 0 Å². The third-order valence-electron chi connectivity index (χ3n) is 2.81. The summed E-state index contributed by atoms with van der Waals surface area (Å²) >= 11 is 3.62. The Morgan fingerprint density at radius 1 is 1.14 bits per heavy atom. The summed E-state index contributed by atoms with van der Waals surface area (Å²) in [4.78, 5) is 24.4. The second kappa shape index (κ2) is 6.95. The van der Waals surface area contributed by atoms with Crippen molar-refractivity contribution in [2.24, 2.45) is 0 Å². The predicted octanol–water partition coefficient (Wildman–Crippen LogP) is 3.96. The van der Waals surface area contributed by atoms with Gasteiger partial charge < -0.3 is 10.4 Å². The number of hydrogen-bond donors (Lipinski definition) is 2. The first-order chi connectivity index (χ1) is 10.0. The maximum atomic E-state index is 12.2. The summed E-state index contributed by atoms with van der Waals surface area (Å²) in [6, 6.07) is 12.0. The van der Waals surface area contributed by atoms with Crippen LogP contribution >= 0.6 is 34.4 Å². The Labute approximate surface area is 140 Å². The van der Waals surface area contributed by atoms with Crippen molar-refractivity contribution >= 4 is 51.9 Å². The molecule has 2 rings (SSSR count). The Morgan fingerprint density at radius 3 is 2.38 bits per heavy atom. The van der Waals surface area contributed by atoms with Crippen LogP contribution in [-0.4, -0.2) is 23.2 Å². The Bertz CT molecular complexity index is 686. The number of thioether (sulfide) groups is 1. The first kappa shape index (κ1) is 15.8. The van der Waals surface area contributed by atoms with Crippen molar-refractivity contribution in [2.45, 2.75) is 4.90 Å². The summed E-state index contributed by atoms with van der Waals surface area (Å²) in [6.45, 7) is 0. The van der Waals surface area contributed by atoms with Gasteiger partial charge >= 0.3 is 5.97 Å². The minimum Gasteiger partial charge on any atom is -0.478 e. The van der Waals surface area contributed by atoms with Crippen molar-refractivity contribution in [3.63, 3.8) is 0 Å². The molecule has 0 spiro atoms. The van der Waals surface area contributed by atoms with Gasteiger partial charge in [-0.3, -0.25) is 4.79 Å². The van der Waals surface area contributed by atoms with Gasteiger partial charge in [0.25, 0.3) is 5.91 Å². The number of nitrogens with one attached hydrogen (secondary N) is 1. The number of rotatable bonds is 4. The van der Waals surface area contributed by atoms with E-state index in [2.05, 4.69) is 5.32 Å². The molecule has 0 aliphatic heterocycles. The first-order valence-corrected chi connectivity index (χ1v) is 8.30. The lowest BCUT2D eigenvalue weighted by atomic mass is 10.1. The summed E-state index contributed by atoms with van der Waals surface area (Å²) in [7, 11) is 0. The van der Waals surface area contributed by atoms with Gasteiger partial charge in [-0.05, 0) is 71.3 Å². The van der Waals surface area contributed by atoms with E-state index in [4.69, 9.17) is 0 Å². The van der Waals surface area contributed by atoms with Gasteiger partial charge in [-0.15, -0.1) is 11.8 Å². The van der Waals surface area contributed by atoms with Crippen LogP contribution in [0.25, 0.3) is 0 Å². The second-order valence-corrected chi connectivity index (χ2v) is 6.30. The predicted molar refractivity (Wildman–Crippen MR) is 92.3 cm³/mol. The molecule has 6 heteroatoms. The SMILES string of the molecule is CSc1ccc(C(=O)Nc2ccc(I)cc2C(=O)O)cc1. The molecule has 1 amide bonds. The van der Waals surface area contributed by atoms with E-state index in [0.717, 1.165) is 8.47 Å². The topological polar surface area (TPSA) is 66.4 Å². The molecule has 2 N–H and O–H groups in total. The maximum Gasteiger partial charge on any atom is 0.337 e. The summed E-state index contributed by atoms with van der Waals surface area (Å²) in [5, 5.41) is 11.8. The molecule has 0 saturated carbocycles. The fourth-order valence-corrected chi connectivity index (χ4v) is 2.64. The van der Waals surface area contributed by atoms with Crippen LogP contribution < -0.4 is 5.32 Å². The van der Waals surface area contributed by atoms with Gasteiger partial charge in [0, 0.05) is 14.0 Å². The minimum absolute atomic E-state index is 0.0796. The molecule has 2 aromatic carbocycles. The summed E-state index contributed by atoms with van der Waals surface area (Å²) in [6.07, 6.45) is 1.96. The van der Waals surface area contributed by atoms with Crippen LogP contribution in [0, 0.1) is 3.57 Å². The summed E-state index contributed by atoms with van der Waals surface area (Å²) < 4.78 is 0.798. The van der Waals surface area contributed by atoms with Crippen molar-refractivity contribution in [1.29, 1.82) is 0 Å². The van der Waals surface area contributed by atoms with E-state index in [9.17, 15) is 14.7 Å². The first-order valence-electron chi connectivity index (χ1n) is 5.99. The molecule has 0 heterocycles. The molecule has 21 heavy (non-hydrogen) atoms. The van der Waals surface area contributed by atoms with E-state index < -0.39 is 5.97 Å². The number of benzene rings is 2. The second-order valence-electron chi connectivity index (χ2n) is 4.18. The van der Waals surface area contributed by atoms with Crippen LogP contribution in [-0.2, 0) is 0 Å². The number of anilines is 1. The molecule has 0 aliphatic rings. The van der Waals surface area contributed by atoms with Gasteiger partial charge in [0.05, 0.1) is 11.3 Å². The number of carbonyl (C=O) groups excluding carboxylic acids is 1. The molecule has 0 bridgehead atoms. The highest BCUT2D eigenvalue weighted by Gasteiger charge is 2.14. The van der Waals surface area contributed by atoms with E-state index in [0.29, 0.717) is 11.3 Å². The molecular weight excluding hydrogens is 401 g/mol. The molecular formula is C15H12INO3S. The lowest BCUT2D eigenvalue weighted by Crippen LogP contribution is -2.14. The van der Waals surface area contributed by atoms with Crippen LogP contribution in [0.4, 0.5) is 5.69 Å². The van der Waals surface area contributed by atoms with Crippen molar-refractivity contribution in [3.8, 4) is 0 Å². The number of aromatic carboxylic acids is 1. The lowest BCUT2D eigenvalue weighted by Gasteiger charge is -2.09. The lowest BCUT2D eigenvalue weighted by molar-refractivity contribution is 0.0698. The van der Waals surface area contributed by atoms with Crippen LogP contribution in [0.3, 0.4) is 0 Å². The highest BCUT2D eigenvalue weighted by Crippen LogP contribution is 2.20. The zero-order valence-corrected chi connectivity index (χ0v) is 14.1. The molecule has 0 atom stereocenters. The largest absolute Gasteiger partial charge is 0.478 e. The average Bonchev–Trinajstić information content (AvgIpc) is 2.49. The third-order valence-corrected chi connectivity index (χ3v) is 4.23. The zero-order chi connectivity index (χ0) is 15.4. The van der Waals surface area contributed by atoms with Crippen LogP contribution in [0.15, 0.2) is 47.4 Å². The zero-order valence-electron chi connectivity index (χ0n) is 11.1. The molecule has 0 radical (unpaired) electrons. The maximum absolute atomic E-state index is 12.2. The molecule has 0 aromatic heterocycles. The smallest absolute Gasteiger partial charge is 0.337 e. The summed E-state index contributed by atoms with van der Waals surface area (Å²) in [5.74, 6) is -1.40. The standard InChI is InChI=1S/C15H12INO3S/c1-21-11-5-2-9(3-6-11)14(18)17-13-7-4-10(16)8-12(13)15(19)20/h2-8H,1H3,(H,17,18)(H,19,20). The van der Waals surface area contributed by atoms with Gasteiger partial charge in [-0.1, -0.05) is 0 Å². The highest BCUT2D eigenvalue weighted by atomic mass is 127. The van der Waals surface area contributed by atoms with Gasteiger partial charge in [-0.25, -0.2) is 4.79 Å². The Kier molecular flexibility index (Phi) is 5.24. The van der Waals surface area contributed by atoms with Crippen molar-refractivity contribution in [1.82, 2.24) is 0 Å². The Morgan fingerprint density at radius 2 is 1.81 bits per heavy atom. The molecule has 0 fully saturated rings. The fraction of sp³-hybridized carbons (Fsp3) is 0.0667. The number of hydrogen-bond acceptors (Lipinski definition) is 3. The normalized spacial score (nSPS) is 10.2. The van der Waals surface area contributed by atoms with E-state index in [1.54, 1.807) is 36.0 Å². The molecule has 2 aromatic rings. The van der Waals surface area contributed by atoms with Crippen LogP contribution in [0.5, 0.6) is 0 Å². The van der Waals surface area contributed by atoms with Crippen molar-refractivity contribution in [2.75, 3.05) is 11.6 Å². The van der Waals surface area contributed by atoms with Crippen LogP contribution in [0.1, 0.15) is 20.7 Å². The Hall–Kier alpha value is -1.54. The third kappa shape index (κ3) is 3.98. The molecule has 0 aliphatic carbocycles. The van der Waals surface area contributed by atoms with E-state index in [-0.39, 0.29) is 11.5 Å². The highest BCUT2D eigenvalue weighted by molar-refractivity contribution is 14.1. The minimum atomic E-state index is -1.07. The molecule has 0 saturated heterocycles. The number of carbonyl (C=O) groups is 2. The van der Waals surface area contributed by atoms with E-state index in [1.165, 1.54) is 6.07 Å². The monoisotopic (exact) mass is 413 g/mol. The van der Waals surface area contributed by atoms with Gasteiger partial charge in [0.15, 0.2) is 0 Å². The summed E-state index contributed by atoms with van der Waals surface area (Å²) in [5.41, 5.74) is 0.862. The van der Waals surface area contributed by atoms with Crippen molar-refractivity contribution in [3.05, 3.63) is 57.2 Å².